The maximum Gasteiger partial charge on any atom is 0.211 e. The van der Waals surface area contributed by atoms with Gasteiger partial charge >= 0.3 is 0 Å². The Hall–Kier alpha value is -2.82. The Bertz CT molecular complexity index is 613. The molecule has 19 heavy (non-hydrogen) atoms. The first-order chi connectivity index (χ1) is 9.16. The third-order valence-electron chi connectivity index (χ3n) is 2.47. The van der Waals surface area contributed by atoms with Gasteiger partial charge in [-0.3, -0.25) is 0 Å². The summed E-state index contributed by atoms with van der Waals surface area (Å²) in [6, 6.07) is 17.1. The molecule has 0 spiro atoms. The van der Waals surface area contributed by atoms with Crippen molar-refractivity contribution >= 4 is 17.4 Å². The molecule has 6 N–H and O–H groups in total. The molecule has 2 aromatic rings. The van der Waals surface area contributed by atoms with Crippen LogP contribution in [0.3, 0.4) is 0 Å². The van der Waals surface area contributed by atoms with Crippen LogP contribution in [0.1, 0.15) is 11.1 Å². The maximum absolute atomic E-state index is 5.79. The fraction of sp³-hybridized carbons (Fsp3) is 0. The van der Waals surface area contributed by atoms with Crippen molar-refractivity contribution in [3.63, 3.8) is 0 Å². The van der Waals surface area contributed by atoms with Crippen molar-refractivity contribution in [3.8, 4) is 0 Å². The molecular weight excluding hydrogens is 238 g/mol. The van der Waals surface area contributed by atoms with Gasteiger partial charge in [0.25, 0.3) is 0 Å². The molecule has 0 aliphatic rings. The molecule has 0 radical (unpaired) electrons. The van der Waals surface area contributed by atoms with Crippen molar-refractivity contribution in [1.29, 1.82) is 0 Å². The highest BCUT2D eigenvalue weighted by molar-refractivity contribution is 6.13. The smallest absolute Gasteiger partial charge is 0.211 e. The Kier molecular flexibility index (Phi) is 3.78. The summed E-state index contributed by atoms with van der Waals surface area (Å²) in [7, 11) is 0. The first kappa shape index (κ1) is 12.6. The van der Waals surface area contributed by atoms with Crippen LogP contribution in [0.5, 0.6) is 0 Å². The molecule has 0 atom stereocenters. The van der Waals surface area contributed by atoms with Crippen LogP contribution in [0.2, 0.25) is 0 Å². The first-order valence-corrected chi connectivity index (χ1v) is 5.75. The van der Waals surface area contributed by atoms with Crippen molar-refractivity contribution in [1.82, 2.24) is 0 Å². The van der Waals surface area contributed by atoms with Gasteiger partial charge in [0.2, 0.25) is 5.96 Å². The highest BCUT2D eigenvalue weighted by Gasteiger charge is 2.07. The van der Waals surface area contributed by atoms with Gasteiger partial charge in [0.1, 0.15) is 5.71 Å². The van der Waals surface area contributed by atoms with Crippen molar-refractivity contribution in [2.45, 2.75) is 0 Å². The average Bonchev–Trinajstić information content (AvgIpc) is 2.40. The highest BCUT2D eigenvalue weighted by atomic mass is 15.3. The molecule has 5 nitrogen and oxygen atoms in total. The number of hydrogen-bond donors (Lipinski definition) is 3. The van der Waals surface area contributed by atoms with Crippen molar-refractivity contribution < 1.29 is 0 Å². The number of nitrogens with two attached hydrogens (primary N) is 3. The van der Waals surface area contributed by atoms with Gasteiger partial charge in [-0.1, -0.05) is 42.5 Å². The largest absolute Gasteiger partial charge is 0.399 e. The third-order valence-corrected chi connectivity index (χ3v) is 2.47. The lowest BCUT2D eigenvalue weighted by atomic mass is 10.0. The van der Waals surface area contributed by atoms with Crippen LogP contribution >= 0.6 is 0 Å². The van der Waals surface area contributed by atoms with Gasteiger partial charge in [0.05, 0.1) is 0 Å². The number of hydrogen-bond acceptors (Lipinski definition) is 3. The van der Waals surface area contributed by atoms with Crippen LogP contribution < -0.4 is 17.2 Å². The summed E-state index contributed by atoms with van der Waals surface area (Å²) in [6.45, 7) is 0. The van der Waals surface area contributed by atoms with Crippen LogP contribution in [-0.4, -0.2) is 11.7 Å². The number of guanidine groups is 1. The topological polar surface area (TPSA) is 103 Å². The minimum Gasteiger partial charge on any atom is -0.399 e. The second-order valence-corrected chi connectivity index (χ2v) is 3.96. The lowest BCUT2D eigenvalue weighted by Gasteiger charge is -2.06. The zero-order valence-corrected chi connectivity index (χ0v) is 10.3. The van der Waals surface area contributed by atoms with Gasteiger partial charge < -0.3 is 17.2 Å². The van der Waals surface area contributed by atoms with Gasteiger partial charge in [-0.15, -0.1) is 10.2 Å². The Morgan fingerprint density at radius 2 is 1.47 bits per heavy atom. The van der Waals surface area contributed by atoms with E-state index in [0.29, 0.717) is 11.4 Å². The summed E-state index contributed by atoms with van der Waals surface area (Å²) >= 11 is 0. The maximum atomic E-state index is 5.79. The van der Waals surface area contributed by atoms with E-state index in [1.807, 2.05) is 54.6 Å². The summed E-state index contributed by atoms with van der Waals surface area (Å²) in [4.78, 5) is 0. The van der Waals surface area contributed by atoms with Crippen molar-refractivity contribution in [2.24, 2.45) is 21.7 Å². The zero-order chi connectivity index (χ0) is 13.7. The minimum absolute atomic E-state index is 0.0858. The monoisotopic (exact) mass is 253 g/mol. The molecule has 2 rings (SSSR count). The summed E-state index contributed by atoms with van der Waals surface area (Å²) in [6.07, 6.45) is 0. The molecule has 0 amide bonds. The molecule has 5 heteroatoms. The predicted molar refractivity (Wildman–Crippen MR) is 78.7 cm³/mol. The molecule has 0 heterocycles. The summed E-state index contributed by atoms with van der Waals surface area (Å²) in [5, 5.41) is 7.83. The van der Waals surface area contributed by atoms with E-state index in [1.165, 1.54) is 0 Å². The molecule has 0 aromatic heterocycles. The number of rotatable bonds is 3. The van der Waals surface area contributed by atoms with Crippen LogP contribution in [0.4, 0.5) is 5.69 Å². The van der Waals surface area contributed by atoms with E-state index < -0.39 is 0 Å². The molecule has 0 fully saturated rings. The van der Waals surface area contributed by atoms with Crippen LogP contribution in [0.25, 0.3) is 0 Å². The minimum atomic E-state index is -0.0858. The van der Waals surface area contributed by atoms with Gasteiger partial charge in [0, 0.05) is 16.8 Å². The fourth-order valence-corrected chi connectivity index (χ4v) is 1.67. The van der Waals surface area contributed by atoms with Crippen molar-refractivity contribution in [2.75, 3.05) is 5.73 Å². The lowest BCUT2D eigenvalue weighted by molar-refractivity contribution is 1.20. The first-order valence-electron chi connectivity index (χ1n) is 5.75. The lowest BCUT2D eigenvalue weighted by Crippen LogP contribution is -2.22. The number of nitrogens with zero attached hydrogens (tertiary/aromatic N) is 2. The zero-order valence-electron chi connectivity index (χ0n) is 10.3. The summed E-state index contributed by atoms with van der Waals surface area (Å²) in [5.41, 5.74) is 19.5. The fourth-order valence-electron chi connectivity index (χ4n) is 1.67. The molecule has 0 aliphatic heterocycles. The standard InChI is InChI=1S/C14H15N5/c15-12-8-4-7-11(9-12)13(18-19-14(16)17)10-5-2-1-3-6-10/h1-9H,15H2,(H4,16,17,19)/b18-13+. The number of anilines is 1. The second kappa shape index (κ2) is 5.68. The summed E-state index contributed by atoms with van der Waals surface area (Å²) < 4.78 is 0. The van der Waals surface area contributed by atoms with E-state index in [4.69, 9.17) is 17.2 Å². The molecular formula is C14H15N5. The molecule has 0 saturated heterocycles. The quantitative estimate of drug-likeness (QED) is 0.332. The van der Waals surface area contributed by atoms with Gasteiger partial charge in [-0.25, -0.2) is 0 Å². The van der Waals surface area contributed by atoms with Gasteiger partial charge in [-0.05, 0) is 12.1 Å². The molecule has 0 bridgehead atoms. The average molecular weight is 253 g/mol. The van der Waals surface area contributed by atoms with Crippen LogP contribution in [0.15, 0.2) is 64.8 Å². The highest BCUT2D eigenvalue weighted by Crippen LogP contribution is 2.14. The SMILES string of the molecule is NC(N)=N/N=C(\c1ccccc1)c1cccc(N)c1. The van der Waals surface area contributed by atoms with E-state index in [2.05, 4.69) is 10.2 Å². The second-order valence-electron chi connectivity index (χ2n) is 3.96. The van der Waals surface area contributed by atoms with Crippen molar-refractivity contribution in [3.05, 3.63) is 65.7 Å². The Morgan fingerprint density at radius 1 is 0.789 bits per heavy atom. The Morgan fingerprint density at radius 3 is 2.11 bits per heavy atom. The van der Waals surface area contributed by atoms with Gasteiger partial charge in [-0.2, -0.15) is 0 Å². The number of nitrogen functional groups attached to an aromatic ring is 1. The molecule has 2 aromatic carbocycles. The predicted octanol–water partition coefficient (Wildman–Crippen LogP) is 1.29. The molecule has 0 unspecified atom stereocenters. The van der Waals surface area contributed by atoms with E-state index >= 15 is 0 Å². The van der Waals surface area contributed by atoms with E-state index in [0.717, 1.165) is 11.1 Å². The van der Waals surface area contributed by atoms with Crippen LogP contribution in [-0.2, 0) is 0 Å². The van der Waals surface area contributed by atoms with E-state index in [9.17, 15) is 0 Å². The molecule has 96 valence electrons. The normalized spacial score (nSPS) is 11.1. The van der Waals surface area contributed by atoms with E-state index in [-0.39, 0.29) is 5.96 Å². The summed E-state index contributed by atoms with van der Waals surface area (Å²) in [5.74, 6) is -0.0858. The Labute approximate surface area is 111 Å². The van der Waals surface area contributed by atoms with E-state index in [1.54, 1.807) is 0 Å². The molecule has 0 aliphatic carbocycles. The Balaban J connectivity index is 2.53. The molecule has 0 saturated carbocycles. The van der Waals surface area contributed by atoms with Crippen LogP contribution in [0, 0.1) is 0 Å². The van der Waals surface area contributed by atoms with Gasteiger partial charge in [0.15, 0.2) is 0 Å². The number of benzene rings is 2. The third kappa shape index (κ3) is 3.32.